The van der Waals surface area contributed by atoms with Crippen LogP contribution < -0.4 is 5.32 Å². The van der Waals surface area contributed by atoms with E-state index in [1.807, 2.05) is 0 Å². The number of nitrogens with zero attached hydrogens (tertiary/aromatic N) is 1. The summed E-state index contributed by atoms with van der Waals surface area (Å²) >= 11 is 0. The Bertz CT molecular complexity index is 410. The Kier molecular flexibility index (Phi) is 5.26. The number of piperidine rings is 1. The summed E-state index contributed by atoms with van der Waals surface area (Å²) in [7, 11) is 0. The van der Waals surface area contributed by atoms with Crippen LogP contribution >= 0.6 is 0 Å². The summed E-state index contributed by atoms with van der Waals surface area (Å²) in [6.07, 6.45) is 3.97. The van der Waals surface area contributed by atoms with Crippen LogP contribution in [0.4, 0.5) is 0 Å². The molecule has 0 bridgehead atoms. The highest BCUT2D eigenvalue weighted by Crippen LogP contribution is 2.25. The van der Waals surface area contributed by atoms with Crippen molar-refractivity contribution in [1.82, 2.24) is 10.2 Å². The summed E-state index contributed by atoms with van der Waals surface area (Å²) in [5, 5.41) is 22.6. The van der Waals surface area contributed by atoms with Crippen molar-refractivity contribution in [2.45, 2.75) is 45.2 Å². The maximum Gasteiger partial charge on any atom is 0.119 e. The van der Waals surface area contributed by atoms with Crippen molar-refractivity contribution in [2.75, 3.05) is 19.6 Å². The van der Waals surface area contributed by atoms with Crippen LogP contribution in [0.5, 0.6) is 11.5 Å². The second-order valence-corrected chi connectivity index (χ2v) is 5.93. The molecule has 112 valence electrons. The minimum atomic E-state index is 0.104. The van der Waals surface area contributed by atoms with Crippen LogP contribution in [0.2, 0.25) is 0 Å². The van der Waals surface area contributed by atoms with Gasteiger partial charge in [0.05, 0.1) is 0 Å². The number of phenolic OH excluding ortho intramolecular Hbond substituents is 2. The highest BCUT2D eigenvalue weighted by atomic mass is 16.3. The van der Waals surface area contributed by atoms with E-state index in [1.54, 1.807) is 12.1 Å². The second kappa shape index (κ2) is 6.95. The van der Waals surface area contributed by atoms with Crippen molar-refractivity contribution in [1.29, 1.82) is 0 Å². The molecule has 1 heterocycles. The van der Waals surface area contributed by atoms with E-state index >= 15 is 0 Å². The average molecular weight is 278 g/mol. The highest BCUT2D eigenvalue weighted by molar-refractivity contribution is 5.37. The van der Waals surface area contributed by atoms with E-state index in [2.05, 4.69) is 24.1 Å². The Hall–Kier alpha value is -1.26. The first-order valence-corrected chi connectivity index (χ1v) is 7.56. The highest BCUT2D eigenvalue weighted by Gasteiger charge is 2.16. The number of aromatic hydroxyl groups is 2. The lowest BCUT2D eigenvalue weighted by Crippen LogP contribution is -2.42. The molecule has 0 radical (unpaired) electrons. The molecule has 2 rings (SSSR count). The van der Waals surface area contributed by atoms with Gasteiger partial charge in [0.15, 0.2) is 0 Å². The van der Waals surface area contributed by atoms with Crippen LogP contribution in [-0.4, -0.2) is 40.8 Å². The van der Waals surface area contributed by atoms with Gasteiger partial charge in [-0.25, -0.2) is 0 Å². The van der Waals surface area contributed by atoms with Gasteiger partial charge in [-0.05, 0) is 57.5 Å². The Balaban J connectivity index is 1.87. The number of likely N-dealkylation sites (tertiary alicyclic amines) is 1. The molecular weight excluding hydrogens is 252 g/mol. The molecule has 0 aliphatic carbocycles. The zero-order valence-electron chi connectivity index (χ0n) is 12.5. The van der Waals surface area contributed by atoms with Gasteiger partial charge in [0.2, 0.25) is 0 Å². The quantitative estimate of drug-likeness (QED) is 0.775. The number of nitrogens with one attached hydrogen (secondary N) is 1. The maximum absolute atomic E-state index is 9.54. The molecule has 4 heteroatoms. The fourth-order valence-corrected chi connectivity index (χ4v) is 2.97. The zero-order valence-corrected chi connectivity index (χ0v) is 12.5. The van der Waals surface area contributed by atoms with Gasteiger partial charge in [0.1, 0.15) is 11.5 Å². The third kappa shape index (κ3) is 4.39. The Morgan fingerprint density at radius 3 is 2.25 bits per heavy atom. The Labute approximate surface area is 121 Å². The monoisotopic (exact) mass is 278 g/mol. The molecule has 1 aromatic rings. The van der Waals surface area contributed by atoms with Crippen LogP contribution in [0.25, 0.3) is 0 Å². The van der Waals surface area contributed by atoms with Crippen molar-refractivity contribution in [3.8, 4) is 11.5 Å². The molecule has 1 fully saturated rings. The smallest absolute Gasteiger partial charge is 0.119 e. The molecule has 1 aliphatic rings. The maximum atomic E-state index is 9.54. The molecule has 1 saturated heterocycles. The van der Waals surface area contributed by atoms with Crippen molar-refractivity contribution in [3.63, 3.8) is 0 Å². The molecular formula is C16H26N2O2. The Morgan fingerprint density at radius 1 is 1.05 bits per heavy atom. The van der Waals surface area contributed by atoms with E-state index in [0.717, 1.165) is 12.1 Å². The van der Waals surface area contributed by atoms with E-state index in [0.29, 0.717) is 6.04 Å². The number of hydrogen-bond acceptors (Lipinski definition) is 4. The SMILES string of the molecule is CC(CN1CCCCC1)NC(C)c1cc(O)cc(O)c1. The summed E-state index contributed by atoms with van der Waals surface area (Å²) in [6.45, 7) is 7.70. The number of phenols is 2. The van der Waals surface area contributed by atoms with Crippen LogP contribution in [0.15, 0.2) is 18.2 Å². The minimum Gasteiger partial charge on any atom is -0.508 e. The molecule has 0 aromatic heterocycles. The fraction of sp³-hybridized carbons (Fsp3) is 0.625. The van der Waals surface area contributed by atoms with Gasteiger partial charge in [-0.15, -0.1) is 0 Å². The molecule has 0 spiro atoms. The normalized spacial score (nSPS) is 19.7. The van der Waals surface area contributed by atoms with Crippen molar-refractivity contribution in [2.24, 2.45) is 0 Å². The lowest BCUT2D eigenvalue weighted by Gasteiger charge is -2.30. The predicted molar refractivity (Wildman–Crippen MR) is 81.1 cm³/mol. The molecule has 1 aliphatic heterocycles. The van der Waals surface area contributed by atoms with Gasteiger partial charge < -0.3 is 20.4 Å². The average Bonchev–Trinajstić information content (AvgIpc) is 2.38. The summed E-state index contributed by atoms with van der Waals surface area (Å²) in [5.74, 6) is 0.217. The zero-order chi connectivity index (χ0) is 14.5. The molecule has 20 heavy (non-hydrogen) atoms. The first kappa shape index (κ1) is 15.1. The molecule has 2 atom stereocenters. The van der Waals surface area contributed by atoms with Gasteiger partial charge in [-0.3, -0.25) is 0 Å². The third-order valence-corrected chi connectivity index (χ3v) is 3.94. The topological polar surface area (TPSA) is 55.7 Å². The van der Waals surface area contributed by atoms with Gasteiger partial charge >= 0.3 is 0 Å². The molecule has 4 nitrogen and oxygen atoms in total. The Morgan fingerprint density at radius 2 is 1.65 bits per heavy atom. The lowest BCUT2D eigenvalue weighted by molar-refractivity contribution is 0.205. The number of hydrogen-bond donors (Lipinski definition) is 3. The second-order valence-electron chi connectivity index (χ2n) is 5.93. The standard InChI is InChI=1S/C16H26N2O2/c1-12(11-18-6-4-3-5-7-18)17-13(2)14-8-15(19)10-16(20)9-14/h8-10,12-13,17,19-20H,3-7,11H2,1-2H3. The number of benzene rings is 1. The summed E-state index contributed by atoms with van der Waals surface area (Å²) in [5.41, 5.74) is 0.910. The van der Waals surface area contributed by atoms with E-state index in [9.17, 15) is 10.2 Å². The largest absolute Gasteiger partial charge is 0.508 e. The van der Waals surface area contributed by atoms with Gasteiger partial charge in [0, 0.05) is 24.7 Å². The van der Waals surface area contributed by atoms with Gasteiger partial charge in [-0.1, -0.05) is 6.42 Å². The molecule has 3 N–H and O–H groups in total. The minimum absolute atomic E-state index is 0.104. The van der Waals surface area contributed by atoms with Gasteiger partial charge in [0.25, 0.3) is 0 Å². The first-order chi connectivity index (χ1) is 9.54. The summed E-state index contributed by atoms with van der Waals surface area (Å²) < 4.78 is 0. The first-order valence-electron chi connectivity index (χ1n) is 7.56. The van der Waals surface area contributed by atoms with E-state index in [4.69, 9.17) is 0 Å². The lowest BCUT2D eigenvalue weighted by atomic mass is 10.1. The van der Waals surface area contributed by atoms with E-state index in [-0.39, 0.29) is 17.5 Å². The van der Waals surface area contributed by atoms with Crippen LogP contribution in [-0.2, 0) is 0 Å². The third-order valence-electron chi connectivity index (χ3n) is 3.94. The van der Waals surface area contributed by atoms with Crippen LogP contribution in [0.1, 0.15) is 44.7 Å². The van der Waals surface area contributed by atoms with E-state index in [1.165, 1.54) is 38.4 Å². The molecule has 0 saturated carbocycles. The molecule has 1 aromatic carbocycles. The summed E-state index contributed by atoms with van der Waals surface area (Å²) in [6, 6.07) is 5.24. The number of rotatable bonds is 5. The van der Waals surface area contributed by atoms with Crippen molar-refractivity contribution < 1.29 is 10.2 Å². The fourth-order valence-electron chi connectivity index (χ4n) is 2.97. The molecule has 0 amide bonds. The van der Waals surface area contributed by atoms with Crippen LogP contribution in [0, 0.1) is 0 Å². The summed E-state index contributed by atoms with van der Waals surface area (Å²) in [4.78, 5) is 2.51. The van der Waals surface area contributed by atoms with E-state index < -0.39 is 0 Å². The molecule has 2 unspecified atom stereocenters. The van der Waals surface area contributed by atoms with Crippen LogP contribution in [0.3, 0.4) is 0 Å². The van der Waals surface area contributed by atoms with Crippen molar-refractivity contribution in [3.05, 3.63) is 23.8 Å². The predicted octanol–water partition coefficient (Wildman–Crippen LogP) is 2.62. The van der Waals surface area contributed by atoms with Gasteiger partial charge in [-0.2, -0.15) is 0 Å². The van der Waals surface area contributed by atoms with Crippen molar-refractivity contribution >= 4 is 0 Å².